The van der Waals surface area contributed by atoms with E-state index in [4.69, 9.17) is 52.0 Å². The van der Waals surface area contributed by atoms with E-state index in [-0.39, 0.29) is 38.7 Å². The zero-order chi connectivity index (χ0) is 115. The molecule has 550 valence electrons. The van der Waals surface area contributed by atoms with Crippen LogP contribution in [0.2, 0.25) is 0 Å². The lowest BCUT2D eigenvalue weighted by Gasteiger charge is -2.39. The predicted molar refractivity (Wildman–Crippen MR) is 391 cm³/mol. The molecule has 12 nitrogen and oxygen atoms in total. The van der Waals surface area contributed by atoms with Crippen LogP contribution in [0.25, 0.3) is 44.1 Å². The highest BCUT2D eigenvalue weighted by Crippen LogP contribution is 2.36. The van der Waals surface area contributed by atoms with Gasteiger partial charge in [0.05, 0.1) is 74.2 Å². The number of methoxy groups -OCH3 is 2. The molecule has 2 amide bonds. The van der Waals surface area contributed by atoms with Gasteiger partial charge in [-0.2, -0.15) is 26.3 Å². The number of carbonyl (C=O) groups is 2. The first-order valence-corrected chi connectivity index (χ1v) is 31.5. The normalized spacial score (nSPS) is 25.7. The van der Waals surface area contributed by atoms with Gasteiger partial charge in [0.2, 0.25) is 11.8 Å². The van der Waals surface area contributed by atoms with Crippen LogP contribution in [-0.4, -0.2) is 119 Å². The molecule has 0 saturated carbocycles. The van der Waals surface area contributed by atoms with E-state index in [9.17, 15) is 59.5 Å². The second kappa shape index (κ2) is 34.9. The molecule has 2 aliphatic heterocycles. The number of likely N-dealkylation sites (tertiary alicyclic amines) is 2. The first-order valence-electron chi connectivity index (χ1n) is 52.3. The number of fused-ring (bicyclic) bond motifs is 2. The maximum Gasteiger partial charge on any atom is 0.416 e. The number of thioether (sulfide) groups is 2. The topological polar surface area (TPSA) is 110 Å². The Balaban J connectivity index is 0.000000291. The Hall–Kier alpha value is -9.04. The van der Waals surface area contributed by atoms with Crippen molar-refractivity contribution in [2.75, 3.05) is 66.4 Å². The molecule has 24 heteroatoms. The van der Waals surface area contributed by atoms with Crippen LogP contribution in [0.15, 0.2) is 207 Å². The SMILES string of the molecule is [2H]C([2H])(Sc1cc(=O)c2ccccc2n1C([2H])([2H])C(=O)N(Cc1ccc(-c2ccc(C(F)(F)F)cc2)cc1)C1([2H])C([2H])([2H])C([2H])([2H])N(C([2H])([2H])COC)C([2H])([2H])C1([2H])[2H])c1cccc(F)c1F.[2H]c1c([2H])c(F)c(F)c(C([2H])([2H])Sc2c([2H])c(=O)c3c([2H])c([2H])c([2H])c([2H])c3n2C([2H])([2H])C(=O)N(Cc2c([2H])c([2H])c(-c3c([2H])c([2H])c(C(F)(F)F)c([2H])c3[2H])c([2H])c2C)C2([2H])C([2H])([2H])C([2H])([2H])N(C([2H])([2H])COC)C([2H])([2H])C2([2H])[2H])c1[2H]. The molecule has 2 aliphatic rings. The monoisotopic (exact) mass is 1530 g/mol. The number of pyridine rings is 2. The number of halogens is 10. The minimum Gasteiger partial charge on any atom is -0.383 e. The number of piperidine rings is 2. The second-order valence-electron chi connectivity index (χ2n) is 21.3. The lowest BCUT2D eigenvalue weighted by atomic mass is 9.97. The fourth-order valence-corrected chi connectivity index (χ4v) is 10.7. The molecular weight excluding hydrogens is 1410 g/mol. The van der Waals surface area contributed by atoms with E-state index in [2.05, 4.69) is 0 Å². The van der Waals surface area contributed by atoms with Crippen LogP contribution in [0.1, 0.15) is 126 Å². The summed E-state index contributed by atoms with van der Waals surface area (Å²) in [6, 6.07) is -15.5. The van der Waals surface area contributed by atoms with Crippen molar-refractivity contribution in [3.8, 4) is 22.3 Å². The minimum atomic E-state index is -5.54. The Morgan fingerprint density at radius 1 is 0.543 bits per heavy atom. The van der Waals surface area contributed by atoms with E-state index in [0.29, 0.717) is 16.7 Å². The van der Waals surface area contributed by atoms with Gasteiger partial charge in [0.1, 0.15) is 13.0 Å². The van der Waals surface area contributed by atoms with Crippen LogP contribution in [0, 0.1) is 30.2 Å². The summed E-state index contributed by atoms with van der Waals surface area (Å²) >= 11 is -0.905. The third-order valence-electron chi connectivity index (χ3n) is 14.4. The highest BCUT2D eigenvalue weighted by atomic mass is 32.2. The average molecular weight is 1530 g/mol. The molecule has 105 heavy (non-hydrogen) atoms. The van der Waals surface area contributed by atoms with Crippen molar-refractivity contribution in [3.63, 3.8) is 0 Å². The molecule has 2 fully saturated rings. The quantitative estimate of drug-likeness (QED) is 0.0428. The average Bonchev–Trinajstić information content (AvgIpc) is 0.658. The molecule has 0 atom stereocenters. The smallest absolute Gasteiger partial charge is 0.383 e. The van der Waals surface area contributed by atoms with E-state index in [1.54, 1.807) is 0 Å². The van der Waals surface area contributed by atoms with Crippen LogP contribution >= 0.6 is 23.5 Å². The summed E-state index contributed by atoms with van der Waals surface area (Å²) in [5.41, 5.74) is -22.0. The number of amides is 2. The van der Waals surface area contributed by atoms with Gasteiger partial charge in [-0.3, -0.25) is 19.2 Å². The van der Waals surface area contributed by atoms with Crippen molar-refractivity contribution in [3.05, 3.63) is 270 Å². The van der Waals surface area contributed by atoms with Gasteiger partial charge in [-0.05, 0) is 132 Å². The zero-order valence-electron chi connectivity index (χ0n) is 98.8. The van der Waals surface area contributed by atoms with E-state index in [1.165, 1.54) is 42.5 Å². The van der Waals surface area contributed by atoms with Crippen LogP contribution in [0.3, 0.4) is 0 Å². The fourth-order valence-electron chi connectivity index (χ4n) is 9.24. The number of hydrogen-bond donors (Lipinski definition) is 0. The number of hydrogen-bond acceptors (Lipinski definition) is 10. The molecule has 0 unspecified atom stereocenters. The third kappa shape index (κ3) is 19.3. The maximum absolute atomic E-state index is 16.0. The number of para-hydroxylation sites is 2. The van der Waals surface area contributed by atoms with E-state index >= 15 is 22.8 Å². The molecule has 8 aromatic carbocycles. The van der Waals surface area contributed by atoms with E-state index in [0.717, 1.165) is 63.6 Å². The van der Waals surface area contributed by atoms with Crippen molar-refractivity contribution in [1.82, 2.24) is 28.7 Å². The number of aromatic nitrogens is 2. The number of nitrogens with zero attached hydrogens (tertiary/aromatic N) is 6. The second-order valence-corrected chi connectivity index (χ2v) is 22.9. The molecule has 2 aromatic heterocycles. The lowest BCUT2D eigenvalue weighted by molar-refractivity contribution is -0.138. The number of carbonyl (C=O) groups excluding carboxylic acids is 2. The van der Waals surface area contributed by atoms with Crippen molar-refractivity contribution in [2.45, 2.75) is 104 Å². The highest BCUT2D eigenvalue weighted by molar-refractivity contribution is 7.98. The minimum absolute atomic E-state index is 0.0782. The lowest BCUT2D eigenvalue weighted by Crippen LogP contribution is -2.48. The first kappa shape index (κ1) is 38.0. The van der Waals surface area contributed by atoms with Crippen LogP contribution in [0.4, 0.5) is 43.9 Å². The fraction of sp³-hybridized carbons (Fsp3) is 0.309. The van der Waals surface area contributed by atoms with Gasteiger partial charge < -0.3 is 38.2 Å². The summed E-state index contributed by atoms with van der Waals surface area (Å²) in [6.07, 6.45) is -28.3. The molecule has 0 bridgehead atoms. The molecule has 0 spiro atoms. The Labute approximate surface area is 673 Å². The van der Waals surface area contributed by atoms with Crippen molar-refractivity contribution in [2.24, 2.45) is 0 Å². The van der Waals surface area contributed by atoms with Crippen LogP contribution in [-0.2, 0) is 68.9 Å². The summed E-state index contributed by atoms with van der Waals surface area (Å²) in [7, 11) is 1.72. The molecule has 10 aromatic rings. The molecule has 2 saturated heterocycles. The van der Waals surface area contributed by atoms with Gasteiger partial charge >= 0.3 is 12.4 Å². The Bertz CT molecular complexity index is 7130. The van der Waals surface area contributed by atoms with Gasteiger partial charge in [0.25, 0.3) is 0 Å². The summed E-state index contributed by atoms with van der Waals surface area (Å²) < 4.78 is 552. The Kier molecular flexibility index (Phi) is 12.6. The summed E-state index contributed by atoms with van der Waals surface area (Å²) in [4.78, 5) is 57.0. The van der Waals surface area contributed by atoms with Crippen molar-refractivity contribution >= 4 is 57.1 Å². The number of ether oxygens (including phenoxy) is 2. The third-order valence-corrected chi connectivity index (χ3v) is 16.0. The highest BCUT2D eigenvalue weighted by Gasteiger charge is 2.34. The molecular formula is C81H78F10N6O6S2. The largest absolute Gasteiger partial charge is 0.416 e. The molecule has 0 aliphatic carbocycles. The Morgan fingerprint density at radius 3 is 1.71 bits per heavy atom. The summed E-state index contributed by atoms with van der Waals surface area (Å²) in [6.45, 7) is -38.2. The molecule has 12 rings (SSSR count). The number of rotatable bonds is 24. The van der Waals surface area contributed by atoms with E-state index < -0.39 is 378 Å². The van der Waals surface area contributed by atoms with Gasteiger partial charge in [-0.1, -0.05) is 115 Å². The number of alkyl halides is 6. The van der Waals surface area contributed by atoms with Gasteiger partial charge in [-0.15, -0.1) is 23.5 Å². The number of benzene rings is 8. The van der Waals surface area contributed by atoms with Gasteiger partial charge in [-0.25, -0.2) is 17.6 Å². The van der Waals surface area contributed by atoms with Crippen molar-refractivity contribution in [1.29, 1.82) is 0 Å². The molecule has 0 N–H and O–H groups in total. The maximum atomic E-state index is 16.0. The van der Waals surface area contributed by atoms with Crippen LogP contribution in [0.5, 0.6) is 0 Å². The van der Waals surface area contributed by atoms with Crippen molar-refractivity contribution < 1.29 is 125 Å². The first-order chi connectivity index (χ1) is 68.0. The van der Waals surface area contributed by atoms with Gasteiger partial charge in [0.15, 0.2) is 34.1 Å². The zero-order valence-corrected chi connectivity index (χ0v) is 55.4. The van der Waals surface area contributed by atoms with Gasteiger partial charge in [0, 0.05) is 157 Å². The standard InChI is InChI=1S/C41H40F5N3O3S.C40H38F5N3O3S/c1-27-22-29(28-12-14-32(15-13-28)41(44,45)46)10-11-30(27)24-48(33-16-18-47(19-17-33)20-21-52-2)38(51)25-49-36-9-4-3-7-34(36)37(50)23-39(49)53-26-31-6-5-8-35(42)40(31)43;1-51-22-21-46-19-17-32(18-20-46)47(24-27-9-11-28(12-10-27)29-13-15-31(16-14-29)40(43,44)45)37(50)25-48-35-8-3-2-6-33(35)36(49)23-38(48)52-26-30-5-4-7-34(41)39(30)42/h3-15,22-23,33H,16-21,24-26H2,1-2H3;2-16,23,32H,17-22,24-26H2,1H3/i3D,4D,5D,6D,7D,8D,9D,10D,11D,12D,13D,14D,15D,16D2,17D2,18D2,19D2,20D2,22D,23D,25D2,26D2,33D;17D2,18D2,19D2,20D2,21D2,25D2,26D2,32D. The van der Waals surface area contributed by atoms with E-state index in [1.807, 2.05) is 0 Å². The summed E-state index contributed by atoms with van der Waals surface area (Å²) in [5.74, 6) is -12.7. The predicted octanol–water partition coefficient (Wildman–Crippen LogP) is 17.1. The molecule has 4 heterocycles. The summed E-state index contributed by atoms with van der Waals surface area (Å²) in [5, 5.41) is -4.33. The molecule has 0 radical (unpaired) electrons. The van der Waals surface area contributed by atoms with Crippen LogP contribution < -0.4 is 10.9 Å². The Morgan fingerprint density at radius 2 is 1.10 bits per heavy atom.